The summed E-state index contributed by atoms with van der Waals surface area (Å²) in [5.74, 6) is -0.752. The molecule has 3 heterocycles. The maximum absolute atomic E-state index is 13.6. The molecule has 92 valence electrons. The van der Waals surface area contributed by atoms with Crippen molar-refractivity contribution in [3.8, 4) is 11.4 Å². The first-order valence-electron chi connectivity index (χ1n) is 5.33. The van der Waals surface area contributed by atoms with E-state index in [0.29, 0.717) is 24.2 Å². The van der Waals surface area contributed by atoms with Crippen molar-refractivity contribution in [2.45, 2.75) is 6.42 Å². The van der Waals surface area contributed by atoms with Gasteiger partial charge in [-0.3, -0.25) is 4.79 Å². The highest BCUT2D eigenvalue weighted by Crippen LogP contribution is 2.24. The lowest BCUT2D eigenvalue weighted by atomic mass is 10.1. The van der Waals surface area contributed by atoms with Gasteiger partial charge in [0.25, 0.3) is 5.91 Å². The van der Waals surface area contributed by atoms with Gasteiger partial charge in [-0.2, -0.15) is 0 Å². The highest BCUT2D eigenvalue weighted by Gasteiger charge is 2.21. The second-order valence-corrected chi connectivity index (χ2v) is 4.25. The molecular formula is C11H8ClFN4O. The van der Waals surface area contributed by atoms with Crippen LogP contribution in [0.25, 0.3) is 11.4 Å². The van der Waals surface area contributed by atoms with E-state index in [1.54, 1.807) is 6.07 Å². The van der Waals surface area contributed by atoms with Crippen molar-refractivity contribution in [3.63, 3.8) is 0 Å². The van der Waals surface area contributed by atoms with Crippen LogP contribution in [0.4, 0.5) is 4.39 Å². The van der Waals surface area contributed by atoms with Gasteiger partial charge in [-0.1, -0.05) is 0 Å². The number of nitrogens with one attached hydrogen (secondary N) is 2. The molecule has 0 saturated heterocycles. The van der Waals surface area contributed by atoms with E-state index in [0.717, 1.165) is 11.9 Å². The Morgan fingerprint density at radius 2 is 2.28 bits per heavy atom. The molecule has 1 aliphatic heterocycles. The van der Waals surface area contributed by atoms with Gasteiger partial charge in [-0.05, 0) is 17.7 Å². The zero-order chi connectivity index (χ0) is 12.7. The quantitative estimate of drug-likeness (QED) is 0.770. The number of amides is 1. The summed E-state index contributed by atoms with van der Waals surface area (Å²) < 4.78 is 13.6. The number of aromatic amines is 1. The number of rotatable bonds is 1. The van der Waals surface area contributed by atoms with Crippen LogP contribution in [0.5, 0.6) is 0 Å². The molecule has 3 rings (SSSR count). The van der Waals surface area contributed by atoms with E-state index in [2.05, 4.69) is 20.3 Å². The van der Waals surface area contributed by atoms with Crippen molar-refractivity contribution in [2.24, 2.45) is 0 Å². The van der Waals surface area contributed by atoms with Crippen LogP contribution in [-0.4, -0.2) is 27.4 Å². The van der Waals surface area contributed by atoms with Gasteiger partial charge in [0.15, 0.2) is 5.82 Å². The first-order chi connectivity index (χ1) is 8.65. The van der Waals surface area contributed by atoms with Crippen LogP contribution in [0.1, 0.15) is 16.1 Å². The smallest absolute Gasteiger partial charge is 0.253 e. The van der Waals surface area contributed by atoms with Crippen molar-refractivity contribution in [3.05, 3.63) is 34.6 Å². The van der Waals surface area contributed by atoms with Crippen LogP contribution in [0.2, 0.25) is 5.28 Å². The Morgan fingerprint density at radius 3 is 3.06 bits per heavy atom. The minimum absolute atomic E-state index is 0.0385. The summed E-state index contributed by atoms with van der Waals surface area (Å²) in [6.45, 7) is 0.568. The fourth-order valence-corrected chi connectivity index (χ4v) is 2.09. The maximum atomic E-state index is 13.6. The molecule has 1 aliphatic rings. The van der Waals surface area contributed by atoms with Crippen LogP contribution in [-0.2, 0) is 6.42 Å². The maximum Gasteiger partial charge on any atom is 0.253 e. The molecule has 0 radical (unpaired) electrons. The number of halogens is 2. The average Bonchev–Trinajstić information content (AvgIpc) is 2.77. The number of aromatic nitrogens is 3. The summed E-state index contributed by atoms with van der Waals surface area (Å²) in [4.78, 5) is 22.0. The van der Waals surface area contributed by atoms with Gasteiger partial charge in [0.05, 0.1) is 17.5 Å². The normalized spacial score (nSPS) is 14.2. The van der Waals surface area contributed by atoms with Crippen molar-refractivity contribution in [1.29, 1.82) is 0 Å². The molecule has 0 bridgehead atoms. The SMILES string of the molecule is O=C1NCCc2[nH]c(-c3nc(Cl)ncc3F)cc21. The Labute approximate surface area is 106 Å². The molecule has 2 aromatic rings. The molecule has 2 N–H and O–H groups in total. The lowest BCUT2D eigenvalue weighted by Crippen LogP contribution is -2.31. The van der Waals surface area contributed by atoms with Crippen molar-refractivity contribution >= 4 is 17.5 Å². The molecule has 2 aromatic heterocycles. The third-order valence-electron chi connectivity index (χ3n) is 2.77. The fourth-order valence-electron chi connectivity index (χ4n) is 1.96. The lowest BCUT2D eigenvalue weighted by Gasteiger charge is -2.10. The molecular weight excluding hydrogens is 259 g/mol. The lowest BCUT2D eigenvalue weighted by molar-refractivity contribution is 0.0946. The zero-order valence-corrected chi connectivity index (χ0v) is 9.88. The Hall–Kier alpha value is -1.95. The van der Waals surface area contributed by atoms with E-state index in [9.17, 15) is 9.18 Å². The monoisotopic (exact) mass is 266 g/mol. The Balaban J connectivity index is 2.13. The second-order valence-electron chi connectivity index (χ2n) is 3.92. The van der Waals surface area contributed by atoms with Gasteiger partial charge >= 0.3 is 0 Å². The Kier molecular flexibility index (Phi) is 2.52. The van der Waals surface area contributed by atoms with E-state index in [4.69, 9.17) is 11.6 Å². The Bertz CT molecular complexity index is 640. The Morgan fingerprint density at radius 1 is 1.44 bits per heavy atom. The van der Waals surface area contributed by atoms with Crippen LogP contribution in [0, 0.1) is 5.82 Å². The van der Waals surface area contributed by atoms with Crippen molar-refractivity contribution < 1.29 is 9.18 Å². The molecule has 18 heavy (non-hydrogen) atoms. The summed E-state index contributed by atoms with van der Waals surface area (Å²) in [5.41, 5.74) is 1.80. The van der Waals surface area contributed by atoms with Gasteiger partial charge in [-0.15, -0.1) is 0 Å². The molecule has 0 aliphatic carbocycles. The predicted octanol–water partition coefficient (Wildman–Crippen LogP) is 1.55. The van der Waals surface area contributed by atoms with Crippen molar-refractivity contribution in [2.75, 3.05) is 6.54 Å². The van der Waals surface area contributed by atoms with Crippen molar-refractivity contribution in [1.82, 2.24) is 20.3 Å². The number of H-pyrrole nitrogens is 1. The van der Waals surface area contributed by atoms with Gasteiger partial charge in [0.2, 0.25) is 5.28 Å². The average molecular weight is 267 g/mol. The van der Waals surface area contributed by atoms with Gasteiger partial charge in [0.1, 0.15) is 5.69 Å². The molecule has 0 aromatic carbocycles. The first-order valence-corrected chi connectivity index (χ1v) is 5.71. The summed E-state index contributed by atoms with van der Waals surface area (Å²) in [6.07, 6.45) is 1.69. The molecule has 1 amide bonds. The third kappa shape index (κ3) is 1.74. The van der Waals surface area contributed by atoms with Crippen LogP contribution in [0.15, 0.2) is 12.3 Å². The largest absolute Gasteiger partial charge is 0.356 e. The molecule has 5 nitrogen and oxygen atoms in total. The summed E-state index contributed by atoms with van der Waals surface area (Å²) in [5, 5.41) is 2.68. The fraction of sp³-hybridized carbons (Fsp3) is 0.182. The summed E-state index contributed by atoms with van der Waals surface area (Å²) in [7, 11) is 0. The zero-order valence-electron chi connectivity index (χ0n) is 9.13. The molecule has 0 atom stereocenters. The van der Waals surface area contributed by atoms with E-state index >= 15 is 0 Å². The van der Waals surface area contributed by atoms with Crippen LogP contribution in [0.3, 0.4) is 0 Å². The first kappa shape index (κ1) is 11.2. The van der Waals surface area contributed by atoms with E-state index in [1.807, 2.05) is 0 Å². The molecule has 0 saturated carbocycles. The van der Waals surface area contributed by atoms with Gasteiger partial charge in [-0.25, -0.2) is 14.4 Å². The summed E-state index contributed by atoms with van der Waals surface area (Å²) >= 11 is 5.64. The second kappa shape index (κ2) is 4.06. The summed E-state index contributed by atoms with van der Waals surface area (Å²) in [6, 6.07) is 1.57. The van der Waals surface area contributed by atoms with E-state index < -0.39 is 5.82 Å². The molecule has 0 fully saturated rings. The molecule has 0 unspecified atom stereocenters. The molecule has 7 heteroatoms. The number of carbonyl (C=O) groups excluding carboxylic acids is 1. The number of hydrogen-bond donors (Lipinski definition) is 2. The minimum Gasteiger partial charge on any atom is -0.356 e. The number of hydrogen-bond acceptors (Lipinski definition) is 3. The topological polar surface area (TPSA) is 70.7 Å². The van der Waals surface area contributed by atoms with E-state index in [-0.39, 0.29) is 16.9 Å². The van der Waals surface area contributed by atoms with Crippen LogP contribution < -0.4 is 5.32 Å². The van der Waals surface area contributed by atoms with E-state index in [1.165, 1.54) is 0 Å². The highest BCUT2D eigenvalue weighted by atomic mass is 35.5. The standard InChI is InChI=1S/C11H8ClFN4O/c12-11-15-4-6(13)9(17-11)8-3-5-7(16-8)1-2-14-10(5)18/h3-4,16H,1-2H2,(H,14,18). The third-order valence-corrected chi connectivity index (χ3v) is 2.96. The van der Waals surface area contributed by atoms with Crippen LogP contribution >= 0.6 is 11.6 Å². The molecule has 0 spiro atoms. The predicted molar refractivity (Wildman–Crippen MR) is 62.8 cm³/mol. The number of nitrogens with zero attached hydrogens (tertiary/aromatic N) is 2. The number of fused-ring (bicyclic) bond motifs is 1. The van der Waals surface area contributed by atoms with Gasteiger partial charge in [0, 0.05) is 18.7 Å². The highest BCUT2D eigenvalue weighted by molar-refractivity contribution is 6.28. The van der Waals surface area contributed by atoms with Gasteiger partial charge < -0.3 is 10.3 Å². The number of carbonyl (C=O) groups is 1. The minimum atomic E-state index is -0.585.